The SMILES string of the molecule is COc1cccc(C(=O)NCc2nnc(SCC(=O)N3N=C(c4cccs4)C[C@@H]3c3ccc(C)cc3)n2-c2ccc(F)cc2)c1. The van der Waals surface area contributed by atoms with E-state index in [1.165, 1.54) is 31.0 Å². The van der Waals surface area contributed by atoms with E-state index in [1.54, 1.807) is 57.3 Å². The topological polar surface area (TPSA) is 102 Å². The first-order chi connectivity index (χ1) is 21.9. The van der Waals surface area contributed by atoms with Crippen molar-refractivity contribution < 1.29 is 18.7 Å². The van der Waals surface area contributed by atoms with Crippen LogP contribution in [0.1, 0.15) is 44.6 Å². The van der Waals surface area contributed by atoms with E-state index in [1.807, 2.05) is 48.7 Å². The average molecular weight is 641 g/mol. The number of nitrogens with one attached hydrogen (secondary N) is 1. The monoisotopic (exact) mass is 640 g/mol. The molecule has 5 aromatic rings. The van der Waals surface area contributed by atoms with Crippen LogP contribution in [0.4, 0.5) is 4.39 Å². The van der Waals surface area contributed by atoms with E-state index >= 15 is 0 Å². The number of nitrogens with zero attached hydrogens (tertiary/aromatic N) is 5. The second-order valence-corrected chi connectivity index (χ2v) is 12.2. The molecule has 0 radical (unpaired) electrons. The van der Waals surface area contributed by atoms with Crippen molar-refractivity contribution in [1.29, 1.82) is 0 Å². The molecule has 0 fully saturated rings. The lowest BCUT2D eigenvalue weighted by Gasteiger charge is -2.22. The molecule has 3 aromatic carbocycles. The lowest BCUT2D eigenvalue weighted by molar-refractivity contribution is -0.130. The molecule has 3 heterocycles. The summed E-state index contributed by atoms with van der Waals surface area (Å²) in [6, 6.07) is 24.6. The predicted molar refractivity (Wildman–Crippen MR) is 172 cm³/mol. The Bertz CT molecular complexity index is 1840. The van der Waals surface area contributed by atoms with Crippen molar-refractivity contribution in [2.45, 2.75) is 31.1 Å². The highest BCUT2D eigenvalue weighted by molar-refractivity contribution is 7.99. The number of hydrazone groups is 1. The van der Waals surface area contributed by atoms with Crippen molar-refractivity contribution in [1.82, 2.24) is 25.1 Å². The highest BCUT2D eigenvalue weighted by atomic mass is 32.2. The van der Waals surface area contributed by atoms with E-state index in [9.17, 15) is 14.0 Å². The summed E-state index contributed by atoms with van der Waals surface area (Å²) in [4.78, 5) is 27.7. The molecule has 2 aromatic heterocycles. The van der Waals surface area contributed by atoms with Crippen LogP contribution in [0, 0.1) is 12.7 Å². The van der Waals surface area contributed by atoms with E-state index in [0.29, 0.717) is 34.4 Å². The summed E-state index contributed by atoms with van der Waals surface area (Å²) in [6.07, 6.45) is 0.614. The molecule has 9 nitrogen and oxygen atoms in total. The van der Waals surface area contributed by atoms with E-state index in [-0.39, 0.29) is 36.0 Å². The zero-order valence-corrected chi connectivity index (χ0v) is 26.1. The van der Waals surface area contributed by atoms with Gasteiger partial charge in [-0.25, -0.2) is 9.40 Å². The van der Waals surface area contributed by atoms with Gasteiger partial charge in [-0.1, -0.05) is 53.7 Å². The van der Waals surface area contributed by atoms with Crippen LogP contribution >= 0.6 is 23.1 Å². The number of halogens is 1. The molecule has 0 saturated heterocycles. The maximum absolute atomic E-state index is 13.8. The Hall–Kier alpha value is -4.81. The van der Waals surface area contributed by atoms with Crippen LogP contribution < -0.4 is 10.1 Å². The van der Waals surface area contributed by atoms with Crippen molar-refractivity contribution in [3.8, 4) is 11.4 Å². The molecule has 2 amide bonds. The largest absolute Gasteiger partial charge is 0.497 e. The molecule has 0 spiro atoms. The summed E-state index contributed by atoms with van der Waals surface area (Å²) in [7, 11) is 1.54. The van der Waals surface area contributed by atoms with Gasteiger partial charge in [-0.05, 0) is 66.4 Å². The Balaban J connectivity index is 1.23. The minimum Gasteiger partial charge on any atom is -0.497 e. The normalized spacial score (nSPS) is 14.3. The van der Waals surface area contributed by atoms with E-state index < -0.39 is 0 Å². The second-order valence-electron chi connectivity index (χ2n) is 10.3. The van der Waals surface area contributed by atoms with Gasteiger partial charge in [-0.2, -0.15) is 5.10 Å². The van der Waals surface area contributed by atoms with Gasteiger partial charge in [0.2, 0.25) is 0 Å². The Morgan fingerprint density at radius 3 is 2.58 bits per heavy atom. The number of benzene rings is 3. The minimum absolute atomic E-state index is 0.0408. The van der Waals surface area contributed by atoms with Crippen molar-refractivity contribution >= 4 is 40.6 Å². The Kier molecular flexibility index (Phi) is 9.03. The van der Waals surface area contributed by atoms with E-state index in [2.05, 4.69) is 15.5 Å². The van der Waals surface area contributed by atoms with Crippen LogP contribution in [0.5, 0.6) is 5.75 Å². The minimum atomic E-state index is -0.389. The predicted octanol–water partition coefficient (Wildman–Crippen LogP) is 6.18. The first-order valence-electron chi connectivity index (χ1n) is 14.1. The molecule has 0 unspecified atom stereocenters. The molecule has 1 aliphatic rings. The van der Waals surface area contributed by atoms with Crippen molar-refractivity contribution in [2.75, 3.05) is 12.9 Å². The van der Waals surface area contributed by atoms with Gasteiger partial charge in [0.15, 0.2) is 11.0 Å². The molecular formula is C33H29FN6O3S2. The van der Waals surface area contributed by atoms with Gasteiger partial charge in [0, 0.05) is 17.7 Å². The number of carbonyl (C=O) groups is 2. The number of aromatic nitrogens is 3. The van der Waals surface area contributed by atoms with Crippen LogP contribution in [-0.2, 0) is 11.3 Å². The zero-order chi connectivity index (χ0) is 31.3. The molecule has 12 heteroatoms. The number of rotatable bonds is 10. The maximum atomic E-state index is 13.8. The molecule has 1 N–H and O–H groups in total. The summed E-state index contributed by atoms with van der Waals surface area (Å²) >= 11 is 2.80. The summed E-state index contributed by atoms with van der Waals surface area (Å²) < 4.78 is 20.8. The van der Waals surface area contributed by atoms with Gasteiger partial charge < -0.3 is 10.1 Å². The number of carbonyl (C=O) groups excluding carboxylic acids is 2. The van der Waals surface area contributed by atoms with E-state index in [4.69, 9.17) is 9.84 Å². The number of ether oxygens (including phenoxy) is 1. The lowest BCUT2D eigenvalue weighted by Crippen LogP contribution is -2.28. The van der Waals surface area contributed by atoms with Gasteiger partial charge >= 0.3 is 0 Å². The molecule has 1 atom stereocenters. The molecule has 0 bridgehead atoms. The molecule has 228 valence electrons. The average Bonchev–Trinajstić information content (AvgIpc) is 3.84. The number of aryl methyl sites for hydroxylation is 1. The molecule has 1 aliphatic heterocycles. The van der Waals surface area contributed by atoms with Gasteiger partial charge in [-0.15, -0.1) is 21.5 Å². The van der Waals surface area contributed by atoms with Gasteiger partial charge in [0.25, 0.3) is 11.8 Å². The Morgan fingerprint density at radius 2 is 1.84 bits per heavy atom. The number of methoxy groups -OCH3 is 1. The van der Waals surface area contributed by atoms with Crippen LogP contribution in [-0.4, -0.2) is 50.2 Å². The number of hydrogen-bond acceptors (Lipinski definition) is 8. The van der Waals surface area contributed by atoms with Crippen LogP contribution in [0.25, 0.3) is 5.69 Å². The lowest BCUT2D eigenvalue weighted by atomic mass is 10.00. The van der Waals surface area contributed by atoms with Crippen molar-refractivity contribution in [2.24, 2.45) is 5.10 Å². The first kappa shape index (κ1) is 30.2. The Labute approximate surface area is 267 Å². The summed E-state index contributed by atoms with van der Waals surface area (Å²) in [5.41, 5.74) is 4.05. The number of hydrogen-bond donors (Lipinski definition) is 1. The fraction of sp³-hybridized carbons (Fsp3) is 0.182. The second kappa shape index (κ2) is 13.4. The zero-order valence-electron chi connectivity index (χ0n) is 24.5. The summed E-state index contributed by atoms with van der Waals surface area (Å²) in [5.74, 6) is 0.138. The van der Waals surface area contributed by atoms with Gasteiger partial charge in [0.1, 0.15) is 11.6 Å². The van der Waals surface area contributed by atoms with Crippen LogP contribution in [0.2, 0.25) is 0 Å². The summed E-state index contributed by atoms with van der Waals surface area (Å²) in [5, 5.41) is 20.3. The Morgan fingerprint density at radius 1 is 1.04 bits per heavy atom. The van der Waals surface area contributed by atoms with E-state index in [0.717, 1.165) is 21.7 Å². The third-order valence-corrected chi connectivity index (χ3v) is 9.12. The maximum Gasteiger partial charge on any atom is 0.253 e. The standard InChI is InChI=1S/C33H29FN6O3S2/c1-21-8-10-22(11-9-21)28-18-27(29-7-4-16-44-29)38-40(28)31(41)20-45-33-37-36-30(39(33)25-14-12-24(34)13-15-25)19-35-32(42)23-5-3-6-26(17-23)43-2/h3-17,28H,18-20H2,1-2H3,(H,35,42)/t28-/m1/s1. The smallest absolute Gasteiger partial charge is 0.253 e. The fourth-order valence-electron chi connectivity index (χ4n) is 4.96. The van der Waals surface area contributed by atoms with Crippen molar-refractivity contribution in [3.63, 3.8) is 0 Å². The van der Waals surface area contributed by atoms with Crippen LogP contribution in [0.3, 0.4) is 0 Å². The number of thioether (sulfide) groups is 1. The summed E-state index contributed by atoms with van der Waals surface area (Å²) in [6.45, 7) is 2.08. The quantitative estimate of drug-likeness (QED) is 0.183. The molecular weight excluding hydrogens is 612 g/mol. The first-order valence-corrected chi connectivity index (χ1v) is 16.0. The fourth-order valence-corrected chi connectivity index (χ4v) is 6.50. The number of thiophene rings is 1. The van der Waals surface area contributed by atoms with Gasteiger partial charge in [0.05, 0.1) is 36.0 Å². The highest BCUT2D eigenvalue weighted by Crippen LogP contribution is 2.35. The third kappa shape index (κ3) is 6.81. The highest BCUT2D eigenvalue weighted by Gasteiger charge is 2.33. The molecule has 6 rings (SSSR count). The van der Waals surface area contributed by atoms with Crippen LogP contribution in [0.15, 0.2) is 101 Å². The number of amides is 2. The molecule has 0 saturated carbocycles. The molecule has 0 aliphatic carbocycles. The van der Waals surface area contributed by atoms with Gasteiger partial charge in [-0.3, -0.25) is 14.2 Å². The van der Waals surface area contributed by atoms with Crippen molar-refractivity contribution in [3.05, 3.63) is 124 Å². The molecule has 45 heavy (non-hydrogen) atoms. The third-order valence-electron chi connectivity index (χ3n) is 7.28.